The smallest absolute Gasteiger partial charge is 0.340 e. The molecule has 1 amide bonds. The van der Waals surface area contributed by atoms with Crippen LogP contribution in [0.15, 0.2) is 29.6 Å². The number of thiophene rings is 1. The van der Waals surface area contributed by atoms with Crippen LogP contribution in [0.25, 0.3) is 0 Å². The maximum atomic E-state index is 13.8. The molecule has 3 rings (SSSR count). The summed E-state index contributed by atoms with van der Waals surface area (Å²) < 4.78 is 18.4. The van der Waals surface area contributed by atoms with Crippen LogP contribution in [0.1, 0.15) is 44.5 Å². The van der Waals surface area contributed by atoms with Crippen LogP contribution in [0.4, 0.5) is 4.39 Å². The van der Waals surface area contributed by atoms with Gasteiger partial charge in [0.15, 0.2) is 5.78 Å². The van der Waals surface area contributed by atoms with Gasteiger partial charge in [0.25, 0.3) is 0 Å². The highest BCUT2D eigenvalue weighted by Gasteiger charge is 2.27. The first-order valence-electron chi connectivity index (χ1n) is 9.10. The Balaban J connectivity index is 1.58. The van der Waals surface area contributed by atoms with Gasteiger partial charge in [0.05, 0.1) is 24.0 Å². The second-order valence-electron chi connectivity index (χ2n) is 7.06. The third-order valence-corrected chi connectivity index (χ3v) is 6.03. The molecule has 1 aromatic heterocycles. The van der Waals surface area contributed by atoms with E-state index in [1.54, 1.807) is 12.1 Å². The Kier molecular flexibility index (Phi) is 6.24. The summed E-state index contributed by atoms with van der Waals surface area (Å²) in [6.45, 7) is 2.83. The van der Waals surface area contributed by atoms with Gasteiger partial charge in [-0.25, -0.2) is 9.18 Å². The van der Waals surface area contributed by atoms with Gasteiger partial charge in [0, 0.05) is 13.1 Å². The Morgan fingerprint density at radius 3 is 2.71 bits per heavy atom. The number of methoxy groups -OCH3 is 1. The Bertz CT molecular complexity index is 908. The molecule has 0 saturated carbocycles. The van der Waals surface area contributed by atoms with E-state index < -0.39 is 11.8 Å². The lowest BCUT2D eigenvalue weighted by Crippen LogP contribution is -2.30. The van der Waals surface area contributed by atoms with Crippen LogP contribution in [0, 0.1) is 11.7 Å². The fraction of sp³-hybridized carbons (Fsp3) is 0.381. The minimum atomic E-state index is -0.691. The number of Topliss-reactive ketones (excluding diaryl/α,β-unsaturated/α-hetero) is 1. The van der Waals surface area contributed by atoms with Gasteiger partial charge in [-0.1, -0.05) is 6.07 Å². The van der Waals surface area contributed by atoms with Crippen molar-refractivity contribution in [3.8, 4) is 0 Å². The average Bonchev–Trinajstić information content (AvgIpc) is 3.32. The van der Waals surface area contributed by atoms with Crippen LogP contribution in [-0.2, 0) is 22.4 Å². The van der Waals surface area contributed by atoms with Crippen LogP contribution in [-0.4, -0.2) is 42.8 Å². The molecule has 1 aromatic carbocycles. The Morgan fingerprint density at radius 2 is 2.04 bits per heavy atom. The molecule has 1 aliphatic rings. The number of esters is 1. The summed E-state index contributed by atoms with van der Waals surface area (Å²) in [5, 5.41) is 1.86. The van der Waals surface area contributed by atoms with E-state index in [0.29, 0.717) is 30.8 Å². The lowest BCUT2D eigenvalue weighted by atomic mass is 9.97. The van der Waals surface area contributed by atoms with E-state index in [9.17, 15) is 18.8 Å². The molecular formula is C21H22FNO4S. The predicted octanol–water partition coefficient (Wildman–Crippen LogP) is 3.51. The number of halogens is 1. The van der Waals surface area contributed by atoms with E-state index in [4.69, 9.17) is 0 Å². The van der Waals surface area contributed by atoms with Gasteiger partial charge in [0.1, 0.15) is 5.82 Å². The Labute approximate surface area is 167 Å². The summed E-state index contributed by atoms with van der Waals surface area (Å²) >= 11 is 1.36. The van der Waals surface area contributed by atoms with Crippen molar-refractivity contribution in [3.63, 3.8) is 0 Å². The molecule has 148 valence electrons. The van der Waals surface area contributed by atoms with Crippen molar-refractivity contribution in [2.45, 2.75) is 26.2 Å². The third-order valence-electron chi connectivity index (χ3n) is 4.96. The number of carbonyl (C=O) groups excluding carboxylic acids is 3. The first-order chi connectivity index (χ1) is 13.4. The minimum Gasteiger partial charge on any atom is -0.465 e. The van der Waals surface area contributed by atoms with Crippen LogP contribution >= 0.6 is 11.3 Å². The van der Waals surface area contributed by atoms with Crippen molar-refractivity contribution in [2.75, 3.05) is 20.2 Å². The molecule has 1 aliphatic heterocycles. The number of hydrogen-bond donors (Lipinski definition) is 0. The summed E-state index contributed by atoms with van der Waals surface area (Å²) in [6.07, 6.45) is 1.82. The fourth-order valence-corrected chi connectivity index (χ4v) is 4.28. The quantitative estimate of drug-likeness (QED) is 0.547. The molecule has 7 heteroatoms. The van der Waals surface area contributed by atoms with Crippen molar-refractivity contribution in [3.05, 3.63) is 57.0 Å². The maximum absolute atomic E-state index is 13.8. The van der Waals surface area contributed by atoms with Gasteiger partial charge in [0.2, 0.25) is 5.91 Å². The van der Waals surface area contributed by atoms with Crippen molar-refractivity contribution < 1.29 is 23.5 Å². The number of ketones is 1. The molecule has 1 fully saturated rings. The molecule has 0 radical (unpaired) electrons. The number of carbonyl (C=O) groups is 3. The molecule has 2 heterocycles. The summed E-state index contributed by atoms with van der Waals surface area (Å²) in [4.78, 5) is 38.1. The zero-order valence-corrected chi connectivity index (χ0v) is 16.7. The molecule has 0 N–H and O–H groups in total. The lowest BCUT2D eigenvalue weighted by molar-refractivity contribution is -0.129. The fourth-order valence-electron chi connectivity index (χ4n) is 3.46. The molecule has 0 aliphatic carbocycles. The van der Waals surface area contributed by atoms with Crippen molar-refractivity contribution >= 4 is 29.0 Å². The normalized spacial score (nSPS) is 16.2. The third kappa shape index (κ3) is 4.65. The number of ether oxygens (including phenoxy) is 1. The van der Waals surface area contributed by atoms with Crippen molar-refractivity contribution in [2.24, 2.45) is 5.92 Å². The summed E-state index contributed by atoms with van der Waals surface area (Å²) in [7, 11) is 1.22. The number of benzene rings is 1. The van der Waals surface area contributed by atoms with Gasteiger partial charge in [-0.2, -0.15) is 0 Å². The second kappa shape index (κ2) is 8.65. The highest BCUT2D eigenvalue weighted by Crippen LogP contribution is 2.24. The Morgan fingerprint density at radius 1 is 1.25 bits per heavy atom. The molecular weight excluding hydrogens is 381 g/mol. The standard InChI is InChI=1S/C21H22FNO4S/c1-13(24)19-9-16(12-28-19)10-20(25)23-6-5-15(11-23)7-14-3-4-18(22)17(8-14)21(26)27-2/h3-4,8-9,12,15H,5-7,10-11H2,1-2H3. The van der Waals surface area contributed by atoms with Crippen LogP contribution in [0.3, 0.4) is 0 Å². The summed E-state index contributed by atoms with van der Waals surface area (Å²) in [5.74, 6) is -0.974. The highest BCUT2D eigenvalue weighted by atomic mass is 32.1. The number of rotatable bonds is 6. The van der Waals surface area contributed by atoms with Crippen LogP contribution in [0.5, 0.6) is 0 Å². The van der Waals surface area contributed by atoms with E-state index in [1.807, 2.05) is 10.3 Å². The molecule has 1 unspecified atom stereocenters. The lowest BCUT2D eigenvalue weighted by Gasteiger charge is -2.16. The number of likely N-dealkylation sites (tertiary alicyclic amines) is 1. The zero-order valence-electron chi connectivity index (χ0n) is 15.9. The van der Waals surface area contributed by atoms with E-state index in [2.05, 4.69) is 4.74 Å². The molecule has 28 heavy (non-hydrogen) atoms. The number of amides is 1. The average molecular weight is 403 g/mol. The van der Waals surface area contributed by atoms with Crippen molar-refractivity contribution in [1.29, 1.82) is 0 Å². The van der Waals surface area contributed by atoms with Gasteiger partial charge in [-0.15, -0.1) is 11.3 Å². The zero-order chi connectivity index (χ0) is 20.3. The van der Waals surface area contributed by atoms with Gasteiger partial charge in [-0.3, -0.25) is 9.59 Å². The first kappa shape index (κ1) is 20.2. The maximum Gasteiger partial charge on any atom is 0.340 e. The van der Waals surface area contributed by atoms with Gasteiger partial charge >= 0.3 is 5.97 Å². The van der Waals surface area contributed by atoms with E-state index in [0.717, 1.165) is 17.5 Å². The van der Waals surface area contributed by atoms with E-state index in [-0.39, 0.29) is 23.2 Å². The molecule has 0 spiro atoms. The molecule has 2 aromatic rings. The minimum absolute atomic E-state index is 0.00978. The van der Waals surface area contributed by atoms with Gasteiger partial charge in [-0.05, 0) is 60.4 Å². The van der Waals surface area contributed by atoms with Crippen LogP contribution < -0.4 is 0 Å². The molecule has 5 nitrogen and oxygen atoms in total. The van der Waals surface area contributed by atoms with E-state index in [1.165, 1.54) is 37.5 Å². The molecule has 1 atom stereocenters. The topological polar surface area (TPSA) is 63.7 Å². The molecule has 1 saturated heterocycles. The molecule has 0 bridgehead atoms. The summed E-state index contributed by atoms with van der Waals surface area (Å²) in [5.41, 5.74) is 1.65. The summed E-state index contributed by atoms with van der Waals surface area (Å²) in [6, 6.07) is 6.26. The van der Waals surface area contributed by atoms with Gasteiger partial charge < -0.3 is 9.64 Å². The number of hydrogen-bond acceptors (Lipinski definition) is 5. The predicted molar refractivity (Wildman–Crippen MR) is 104 cm³/mol. The Hall–Kier alpha value is -2.54. The number of nitrogens with zero attached hydrogens (tertiary/aromatic N) is 1. The van der Waals surface area contributed by atoms with E-state index >= 15 is 0 Å². The highest BCUT2D eigenvalue weighted by molar-refractivity contribution is 7.12. The van der Waals surface area contributed by atoms with Crippen molar-refractivity contribution in [1.82, 2.24) is 4.90 Å². The second-order valence-corrected chi connectivity index (χ2v) is 7.97. The monoisotopic (exact) mass is 403 g/mol. The van der Waals surface area contributed by atoms with Crippen LogP contribution in [0.2, 0.25) is 0 Å². The first-order valence-corrected chi connectivity index (χ1v) is 9.98. The largest absolute Gasteiger partial charge is 0.465 e. The SMILES string of the molecule is COC(=O)c1cc(CC2CCN(C(=O)Cc3csc(C(C)=O)c3)C2)ccc1F.